The van der Waals surface area contributed by atoms with Gasteiger partial charge in [-0.15, -0.1) is 0 Å². The lowest BCUT2D eigenvalue weighted by Gasteiger charge is -2.36. The van der Waals surface area contributed by atoms with Crippen LogP contribution in [0.2, 0.25) is 0 Å². The molecule has 0 bridgehead atoms. The summed E-state index contributed by atoms with van der Waals surface area (Å²) in [6.45, 7) is 6.17. The number of hydrogen-bond donors (Lipinski definition) is 3. The van der Waals surface area contributed by atoms with Crippen molar-refractivity contribution in [3.8, 4) is 5.75 Å². The predicted molar refractivity (Wildman–Crippen MR) is 140 cm³/mol. The van der Waals surface area contributed by atoms with Crippen LogP contribution in [0, 0.1) is 17.8 Å². The van der Waals surface area contributed by atoms with Crippen LogP contribution in [0.4, 0.5) is 0 Å². The molecule has 192 valence electrons. The fraction of sp³-hybridized carbons (Fsp3) is 0.571. The van der Waals surface area contributed by atoms with Crippen molar-refractivity contribution in [2.24, 2.45) is 17.8 Å². The monoisotopic (exact) mass is 547 g/mol. The van der Waals surface area contributed by atoms with E-state index in [9.17, 15) is 24.9 Å². The lowest BCUT2D eigenvalue weighted by molar-refractivity contribution is -0.140. The summed E-state index contributed by atoms with van der Waals surface area (Å²) < 4.78 is 0.880. The number of phenolic OH excluding ortho intramolecular Hbond substituents is 1. The highest BCUT2D eigenvalue weighted by Crippen LogP contribution is 2.47. The minimum absolute atomic E-state index is 0.137. The molecular weight excluding hydrogens is 510 g/mol. The van der Waals surface area contributed by atoms with E-state index in [-0.39, 0.29) is 24.2 Å². The van der Waals surface area contributed by atoms with Crippen molar-refractivity contribution in [1.82, 2.24) is 4.90 Å². The molecule has 7 heteroatoms. The lowest BCUT2D eigenvalue weighted by Crippen LogP contribution is -2.39. The molecule has 1 aromatic carbocycles. The minimum atomic E-state index is -0.803. The number of nitrogens with zero attached hydrogens (tertiary/aromatic N) is 1. The fourth-order valence-electron chi connectivity index (χ4n) is 5.74. The zero-order valence-electron chi connectivity index (χ0n) is 21.0. The average molecular weight is 549 g/mol. The van der Waals surface area contributed by atoms with Gasteiger partial charge in [0.1, 0.15) is 5.75 Å². The van der Waals surface area contributed by atoms with E-state index in [1.54, 1.807) is 12.1 Å². The van der Waals surface area contributed by atoms with Gasteiger partial charge >= 0.3 is 0 Å². The van der Waals surface area contributed by atoms with Crippen LogP contribution in [0.1, 0.15) is 71.3 Å². The maximum Gasteiger partial charge on any atom is 0.233 e. The third-order valence-electron chi connectivity index (χ3n) is 7.36. The number of hydrogen-bond acceptors (Lipinski definition) is 5. The zero-order valence-corrected chi connectivity index (χ0v) is 22.6. The highest BCUT2D eigenvalue weighted by Gasteiger charge is 2.54. The maximum absolute atomic E-state index is 13.1. The second-order valence-electron chi connectivity index (χ2n) is 9.68. The number of aromatic hydroxyl groups is 1. The molecule has 0 saturated carbocycles. The second kappa shape index (κ2) is 12.3. The van der Waals surface area contributed by atoms with Gasteiger partial charge in [0.25, 0.3) is 0 Å². The summed E-state index contributed by atoms with van der Waals surface area (Å²) in [5, 5.41) is 31.9. The number of likely N-dealkylation sites (tertiary alicyclic amines) is 1. The second-order valence-corrected chi connectivity index (χ2v) is 10.6. The number of carbonyl (C=O) groups excluding carboxylic acids is 2. The molecule has 1 heterocycles. The van der Waals surface area contributed by atoms with Crippen LogP contribution in [-0.4, -0.2) is 51.3 Å². The van der Waals surface area contributed by atoms with Gasteiger partial charge < -0.3 is 15.3 Å². The van der Waals surface area contributed by atoms with Crippen molar-refractivity contribution in [2.45, 2.75) is 71.8 Å². The smallest absolute Gasteiger partial charge is 0.233 e. The summed E-state index contributed by atoms with van der Waals surface area (Å²) in [6.07, 6.45) is 5.87. The Morgan fingerprint density at radius 2 is 1.91 bits per heavy atom. The number of allylic oxidation sites excluding steroid dienone is 2. The Hall–Kier alpha value is -1.96. The van der Waals surface area contributed by atoms with Gasteiger partial charge in [0.05, 0.1) is 24.5 Å². The topological polar surface area (TPSA) is 98.1 Å². The number of amides is 2. The molecule has 0 aromatic heterocycles. The van der Waals surface area contributed by atoms with Gasteiger partial charge in [-0.05, 0) is 62.3 Å². The van der Waals surface area contributed by atoms with E-state index < -0.39 is 23.9 Å². The van der Waals surface area contributed by atoms with Crippen molar-refractivity contribution in [3.63, 3.8) is 0 Å². The Morgan fingerprint density at radius 3 is 2.54 bits per heavy atom. The molecule has 1 aromatic rings. The van der Waals surface area contributed by atoms with Crippen LogP contribution in [0.5, 0.6) is 5.75 Å². The lowest BCUT2D eigenvalue weighted by atomic mass is 9.67. The number of imide groups is 1. The van der Waals surface area contributed by atoms with E-state index >= 15 is 0 Å². The van der Waals surface area contributed by atoms with Crippen LogP contribution in [-0.2, 0) is 9.59 Å². The van der Waals surface area contributed by atoms with E-state index in [1.165, 1.54) is 4.90 Å². The third kappa shape index (κ3) is 5.89. The number of rotatable bonds is 11. The standard InChI is InChI=1S/C28H38BrNO5/c1-4-7-17(13-19-14-20(29)9-11-23(19)32)8-10-24(33)25-18(6-3)15-21-26(22(25)16-31)28(35)30(12-5-2)27(21)34/h9,11,13-14,21-22,24,26,31-33H,4-8,10,12,15-16H2,1-3H3/b17-13+/t21-,22+,24-,26-/m1/s1. The quantitative estimate of drug-likeness (QED) is 0.261. The maximum atomic E-state index is 13.1. The highest BCUT2D eigenvalue weighted by atomic mass is 79.9. The molecule has 2 amide bonds. The van der Waals surface area contributed by atoms with Gasteiger partial charge in [0.2, 0.25) is 11.8 Å². The largest absolute Gasteiger partial charge is 0.507 e. The van der Waals surface area contributed by atoms with Gasteiger partial charge in [0.15, 0.2) is 0 Å². The molecule has 1 saturated heterocycles. The normalized spacial score (nSPS) is 23.8. The Kier molecular flexibility index (Phi) is 9.73. The Bertz CT molecular complexity index is 1000. The molecule has 1 aliphatic heterocycles. The van der Waals surface area contributed by atoms with E-state index in [4.69, 9.17) is 0 Å². The number of halogens is 1. The number of aliphatic hydroxyl groups excluding tert-OH is 2. The van der Waals surface area contributed by atoms with Crippen LogP contribution < -0.4 is 0 Å². The van der Waals surface area contributed by atoms with E-state index in [1.807, 2.05) is 26.0 Å². The molecule has 0 radical (unpaired) electrons. The Morgan fingerprint density at radius 1 is 1.17 bits per heavy atom. The van der Waals surface area contributed by atoms with Crippen molar-refractivity contribution < 1.29 is 24.9 Å². The molecular formula is C28H38BrNO5. The van der Waals surface area contributed by atoms with Gasteiger partial charge in [0, 0.05) is 22.5 Å². The fourth-order valence-corrected chi connectivity index (χ4v) is 6.12. The van der Waals surface area contributed by atoms with Gasteiger partial charge in [-0.25, -0.2) is 0 Å². The molecule has 6 nitrogen and oxygen atoms in total. The van der Waals surface area contributed by atoms with Crippen LogP contribution >= 0.6 is 15.9 Å². The summed E-state index contributed by atoms with van der Waals surface area (Å²) in [4.78, 5) is 27.5. The van der Waals surface area contributed by atoms with E-state index in [2.05, 4.69) is 22.9 Å². The molecule has 3 N–H and O–H groups in total. The summed E-state index contributed by atoms with van der Waals surface area (Å²) in [7, 11) is 0. The molecule has 0 spiro atoms. The molecule has 0 unspecified atom stereocenters. The van der Waals surface area contributed by atoms with Gasteiger partial charge in [-0.2, -0.15) is 0 Å². The average Bonchev–Trinajstić information content (AvgIpc) is 3.08. The first-order valence-electron chi connectivity index (χ1n) is 12.8. The first-order chi connectivity index (χ1) is 16.8. The summed E-state index contributed by atoms with van der Waals surface area (Å²) in [5.41, 5.74) is 3.58. The van der Waals surface area contributed by atoms with Crippen LogP contribution in [0.15, 0.2) is 39.4 Å². The Labute approximate surface area is 216 Å². The zero-order chi connectivity index (χ0) is 25.7. The summed E-state index contributed by atoms with van der Waals surface area (Å²) in [5.74, 6) is -1.71. The number of fused-ring (bicyclic) bond motifs is 1. The highest BCUT2D eigenvalue weighted by molar-refractivity contribution is 9.10. The van der Waals surface area contributed by atoms with Gasteiger partial charge in [-0.3, -0.25) is 14.5 Å². The number of phenols is 1. The molecule has 1 aliphatic carbocycles. The van der Waals surface area contributed by atoms with Crippen LogP contribution in [0.25, 0.3) is 6.08 Å². The van der Waals surface area contributed by atoms with Crippen molar-refractivity contribution >= 4 is 33.8 Å². The van der Waals surface area contributed by atoms with Crippen molar-refractivity contribution in [3.05, 3.63) is 45.0 Å². The van der Waals surface area contributed by atoms with Crippen LogP contribution in [0.3, 0.4) is 0 Å². The molecule has 2 aliphatic rings. The van der Waals surface area contributed by atoms with Crippen molar-refractivity contribution in [1.29, 1.82) is 0 Å². The number of carbonyl (C=O) groups is 2. The van der Waals surface area contributed by atoms with Crippen molar-refractivity contribution in [2.75, 3.05) is 13.2 Å². The molecule has 4 atom stereocenters. The Balaban J connectivity index is 1.85. The molecule has 35 heavy (non-hydrogen) atoms. The number of benzene rings is 1. The number of aliphatic hydroxyl groups is 2. The SMILES string of the molecule is CCC/C(=C\c1cc(Br)ccc1O)CC[C@@H](O)C1=C(CC)C[C@H]2C(=O)N(CCC)C(=O)[C@H]2[C@H]1CO. The van der Waals surface area contributed by atoms with E-state index in [0.29, 0.717) is 38.6 Å². The molecule has 1 fully saturated rings. The first-order valence-corrected chi connectivity index (χ1v) is 13.6. The summed E-state index contributed by atoms with van der Waals surface area (Å²) in [6, 6.07) is 5.31. The van der Waals surface area contributed by atoms with E-state index in [0.717, 1.165) is 39.6 Å². The van der Waals surface area contributed by atoms with Gasteiger partial charge in [-0.1, -0.05) is 60.3 Å². The third-order valence-corrected chi connectivity index (χ3v) is 7.86. The summed E-state index contributed by atoms with van der Waals surface area (Å²) >= 11 is 3.45. The first kappa shape index (κ1) is 27.6. The predicted octanol–water partition coefficient (Wildman–Crippen LogP) is 5.21. The minimum Gasteiger partial charge on any atom is -0.507 e. The molecule has 3 rings (SSSR count).